The highest BCUT2D eigenvalue weighted by Gasteiger charge is 2.20. The number of benzene rings is 11. The predicted molar refractivity (Wildman–Crippen MR) is 315 cm³/mol. The summed E-state index contributed by atoms with van der Waals surface area (Å²) < 4.78 is 8.69. The normalized spacial score (nSPS) is 13.4. The number of furan rings is 1. The fourth-order valence-corrected chi connectivity index (χ4v) is 11.3. The molecule has 1 unspecified atom stereocenters. The largest absolute Gasteiger partial charge is 0.456 e. The van der Waals surface area contributed by atoms with Crippen LogP contribution in [-0.2, 0) is 0 Å². The highest BCUT2D eigenvalue weighted by Crippen LogP contribution is 2.42. The number of hydrogen-bond donors (Lipinski definition) is 0. The Kier molecular flexibility index (Phi) is 11.0. The number of hydrogen-bond acceptors (Lipinski definition) is 2. The first-order valence-electron chi connectivity index (χ1n) is 25.9. The van der Waals surface area contributed by atoms with Crippen molar-refractivity contribution in [3.8, 4) is 61.3 Å². The Morgan fingerprint density at radius 3 is 1.60 bits per heavy atom. The second-order valence-electron chi connectivity index (χ2n) is 19.6. The zero-order chi connectivity index (χ0) is 49.7. The molecule has 14 rings (SSSR count). The maximum Gasteiger partial charge on any atom is 0.135 e. The van der Waals surface area contributed by atoms with Crippen molar-refractivity contribution >= 4 is 55.1 Å². The van der Waals surface area contributed by atoms with E-state index in [0.717, 1.165) is 90.1 Å². The summed E-state index contributed by atoms with van der Waals surface area (Å²) >= 11 is 0. The first-order chi connectivity index (χ1) is 37.1. The average molecular weight is 959 g/mol. The first-order valence-corrected chi connectivity index (χ1v) is 25.9. The Morgan fingerprint density at radius 1 is 0.347 bits per heavy atom. The predicted octanol–water partition coefficient (Wildman–Crippen LogP) is 19.8. The SMILES string of the molecule is C1=CC(c2ccccc2)CC=C1N(c1ccc(-c2ccccc2)cc1)c1cccc(-c2cccc(-c3cc(-c4ccc5oc6ccccc6c5c4)cc(-c4ccc5c(c4)c4ccccc4n5-c4ccccc4)c3)c2)c1. The highest BCUT2D eigenvalue weighted by atomic mass is 16.3. The fraction of sp³-hybridized carbons (Fsp3) is 0.0278. The minimum Gasteiger partial charge on any atom is -0.456 e. The molecular weight excluding hydrogens is 909 g/mol. The van der Waals surface area contributed by atoms with Crippen LogP contribution in [0.1, 0.15) is 17.9 Å². The molecule has 3 heteroatoms. The van der Waals surface area contributed by atoms with Crippen LogP contribution < -0.4 is 4.90 Å². The van der Waals surface area contributed by atoms with Crippen molar-refractivity contribution in [3.63, 3.8) is 0 Å². The number of anilines is 2. The summed E-state index contributed by atoms with van der Waals surface area (Å²) in [5.74, 6) is 0.336. The van der Waals surface area contributed by atoms with Crippen molar-refractivity contribution in [2.45, 2.75) is 12.3 Å². The van der Waals surface area contributed by atoms with Gasteiger partial charge in [-0.05, 0) is 171 Å². The standard InChI is InChI=1S/C72H50N2O/c1-4-16-49(17-5-1)51-30-36-62(37-31-51)73(63-38-32-52(33-39-63)50-18-6-2-7-19-50)64-25-15-22-55(46-64)53-20-14-21-54(42-53)58-43-59(45-60(44-58)57-35-41-72-68(48-57)66-27-11-13-29-71(66)75-72)56-34-40-70-67(47-56)65-26-10-12-28-69(65)74(70)61-23-8-3-9-24-61/h1-32,34-48,52H,33H2. The van der Waals surface area contributed by atoms with Gasteiger partial charge < -0.3 is 13.9 Å². The zero-order valence-corrected chi connectivity index (χ0v) is 41.2. The van der Waals surface area contributed by atoms with Crippen LogP contribution in [0.5, 0.6) is 0 Å². The number of para-hydroxylation sites is 3. The lowest BCUT2D eigenvalue weighted by molar-refractivity contribution is 0.669. The Labute approximate surface area is 436 Å². The van der Waals surface area contributed by atoms with Crippen molar-refractivity contribution in [1.29, 1.82) is 0 Å². The van der Waals surface area contributed by atoms with Crippen LogP contribution in [0.25, 0.3) is 105 Å². The number of allylic oxidation sites excluding steroid dienone is 3. The van der Waals surface area contributed by atoms with Gasteiger partial charge in [0, 0.05) is 50.2 Å². The van der Waals surface area contributed by atoms with Crippen molar-refractivity contribution in [3.05, 3.63) is 296 Å². The second-order valence-corrected chi connectivity index (χ2v) is 19.6. The van der Waals surface area contributed by atoms with Gasteiger partial charge in [0.05, 0.1) is 11.0 Å². The second kappa shape index (κ2) is 18.7. The van der Waals surface area contributed by atoms with Crippen molar-refractivity contribution in [1.82, 2.24) is 4.57 Å². The zero-order valence-electron chi connectivity index (χ0n) is 41.2. The van der Waals surface area contributed by atoms with Crippen molar-refractivity contribution < 1.29 is 4.42 Å². The molecule has 0 fully saturated rings. The summed E-state index contributed by atoms with van der Waals surface area (Å²) in [6.45, 7) is 0. The molecule has 354 valence electrons. The molecule has 75 heavy (non-hydrogen) atoms. The monoisotopic (exact) mass is 958 g/mol. The van der Waals surface area contributed by atoms with E-state index < -0.39 is 0 Å². The van der Waals surface area contributed by atoms with Crippen LogP contribution in [0.2, 0.25) is 0 Å². The highest BCUT2D eigenvalue weighted by molar-refractivity contribution is 6.11. The van der Waals surface area contributed by atoms with Gasteiger partial charge >= 0.3 is 0 Å². The molecule has 3 nitrogen and oxygen atoms in total. The molecule has 11 aromatic carbocycles. The van der Waals surface area contributed by atoms with Gasteiger partial charge in [-0.15, -0.1) is 0 Å². The van der Waals surface area contributed by atoms with Gasteiger partial charge in [0.15, 0.2) is 0 Å². The van der Waals surface area contributed by atoms with E-state index in [0.29, 0.717) is 5.92 Å². The van der Waals surface area contributed by atoms with Crippen LogP contribution in [0, 0.1) is 0 Å². The summed E-state index contributed by atoms with van der Waals surface area (Å²) in [5, 5.41) is 4.69. The van der Waals surface area contributed by atoms with Crippen LogP contribution in [0.4, 0.5) is 11.4 Å². The molecule has 0 radical (unpaired) electrons. The molecule has 1 atom stereocenters. The molecular formula is C72H50N2O. The van der Waals surface area contributed by atoms with Crippen molar-refractivity contribution in [2.24, 2.45) is 0 Å². The third kappa shape index (κ3) is 8.21. The molecule has 0 aliphatic heterocycles. The fourth-order valence-electron chi connectivity index (χ4n) is 11.3. The minimum atomic E-state index is 0.336. The number of rotatable bonds is 10. The first kappa shape index (κ1) is 44.0. The van der Waals surface area contributed by atoms with E-state index in [1.807, 2.05) is 12.1 Å². The Hall–Kier alpha value is -9.70. The summed E-state index contributed by atoms with van der Waals surface area (Å²) in [5.41, 5.74) is 21.6. The number of fused-ring (bicyclic) bond motifs is 6. The minimum absolute atomic E-state index is 0.336. The molecule has 1 aliphatic rings. The third-order valence-electron chi connectivity index (χ3n) is 15.1. The van der Waals surface area contributed by atoms with E-state index in [1.54, 1.807) is 0 Å². The number of aromatic nitrogens is 1. The Morgan fingerprint density at radius 2 is 0.867 bits per heavy atom. The molecule has 13 aromatic rings. The van der Waals surface area contributed by atoms with Gasteiger partial charge in [0.2, 0.25) is 0 Å². The summed E-state index contributed by atoms with van der Waals surface area (Å²) in [6, 6.07) is 96.9. The maximum atomic E-state index is 6.31. The molecule has 2 heterocycles. The maximum absolute atomic E-state index is 6.31. The summed E-state index contributed by atoms with van der Waals surface area (Å²) in [4.78, 5) is 2.41. The number of nitrogens with zero attached hydrogens (tertiary/aromatic N) is 2. The molecule has 0 N–H and O–H groups in total. The quantitative estimate of drug-likeness (QED) is 0.136. The Balaban J connectivity index is 0.876. The van der Waals surface area contributed by atoms with E-state index >= 15 is 0 Å². The Bertz CT molecular complexity index is 4310. The van der Waals surface area contributed by atoms with E-state index in [9.17, 15) is 0 Å². The van der Waals surface area contributed by atoms with Crippen LogP contribution in [0.3, 0.4) is 0 Å². The summed E-state index contributed by atoms with van der Waals surface area (Å²) in [6.07, 6.45) is 7.99. The van der Waals surface area contributed by atoms with E-state index in [2.05, 4.69) is 282 Å². The summed E-state index contributed by atoms with van der Waals surface area (Å²) in [7, 11) is 0. The molecule has 2 aromatic heterocycles. The van der Waals surface area contributed by atoms with Crippen LogP contribution in [0.15, 0.2) is 295 Å². The molecule has 0 spiro atoms. The van der Waals surface area contributed by atoms with Gasteiger partial charge in [-0.2, -0.15) is 0 Å². The molecule has 1 aliphatic carbocycles. The lowest BCUT2D eigenvalue weighted by atomic mass is 9.91. The lowest BCUT2D eigenvalue weighted by Crippen LogP contribution is -2.17. The van der Waals surface area contributed by atoms with Gasteiger partial charge in [-0.3, -0.25) is 0 Å². The van der Waals surface area contributed by atoms with Gasteiger partial charge in [0.1, 0.15) is 11.2 Å². The van der Waals surface area contributed by atoms with Gasteiger partial charge in [-0.1, -0.05) is 182 Å². The van der Waals surface area contributed by atoms with E-state index in [1.165, 1.54) is 44.1 Å². The van der Waals surface area contributed by atoms with Gasteiger partial charge in [0.25, 0.3) is 0 Å². The van der Waals surface area contributed by atoms with E-state index in [4.69, 9.17) is 4.42 Å². The smallest absolute Gasteiger partial charge is 0.135 e. The topological polar surface area (TPSA) is 21.3 Å². The lowest BCUT2D eigenvalue weighted by Gasteiger charge is -2.29. The molecule has 0 saturated heterocycles. The third-order valence-corrected chi connectivity index (χ3v) is 15.1. The van der Waals surface area contributed by atoms with Crippen molar-refractivity contribution in [2.75, 3.05) is 4.90 Å². The van der Waals surface area contributed by atoms with E-state index in [-0.39, 0.29) is 0 Å². The van der Waals surface area contributed by atoms with Gasteiger partial charge in [-0.25, -0.2) is 0 Å². The van der Waals surface area contributed by atoms with Crippen LogP contribution >= 0.6 is 0 Å². The molecule has 0 saturated carbocycles. The molecule has 0 bridgehead atoms. The van der Waals surface area contributed by atoms with Crippen LogP contribution in [-0.4, -0.2) is 4.57 Å². The molecule has 0 amide bonds. The average Bonchev–Trinajstić information content (AvgIpc) is 4.04.